The standard InChI is InChI=1S/C15H26N2O2S/c1-11(2)12(18)17-8-9-20-15(17)6-7-16(10-15)13(19)14(3,4)5/h11H,6-10H2,1-5H3. The van der Waals surface area contributed by atoms with E-state index in [0.717, 1.165) is 25.3 Å². The highest BCUT2D eigenvalue weighted by atomic mass is 32.2. The fourth-order valence-corrected chi connectivity index (χ4v) is 4.46. The van der Waals surface area contributed by atoms with Gasteiger partial charge >= 0.3 is 0 Å². The molecule has 0 aromatic heterocycles. The first-order chi connectivity index (χ1) is 9.17. The molecule has 2 aliphatic rings. The van der Waals surface area contributed by atoms with Gasteiger partial charge in [-0.15, -0.1) is 11.8 Å². The first kappa shape index (κ1) is 15.7. The molecule has 2 rings (SSSR count). The van der Waals surface area contributed by atoms with Gasteiger partial charge in [-0.25, -0.2) is 0 Å². The summed E-state index contributed by atoms with van der Waals surface area (Å²) < 4.78 is 0. The molecule has 2 aliphatic heterocycles. The number of nitrogens with zero attached hydrogens (tertiary/aromatic N) is 2. The minimum atomic E-state index is -0.346. The average molecular weight is 298 g/mol. The van der Waals surface area contributed by atoms with Gasteiger partial charge in [0.05, 0.1) is 6.54 Å². The Hall–Kier alpha value is -0.710. The van der Waals surface area contributed by atoms with E-state index >= 15 is 0 Å². The van der Waals surface area contributed by atoms with Crippen LogP contribution in [0.25, 0.3) is 0 Å². The van der Waals surface area contributed by atoms with Crippen LogP contribution in [0.5, 0.6) is 0 Å². The highest BCUT2D eigenvalue weighted by Crippen LogP contribution is 2.44. The van der Waals surface area contributed by atoms with Crippen LogP contribution in [0.15, 0.2) is 0 Å². The Kier molecular flexibility index (Phi) is 4.11. The maximum Gasteiger partial charge on any atom is 0.228 e. The van der Waals surface area contributed by atoms with E-state index in [1.54, 1.807) is 0 Å². The van der Waals surface area contributed by atoms with E-state index in [0.29, 0.717) is 6.54 Å². The van der Waals surface area contributed by atoms with Crippen LogP contribution in [0.3, 0.4) is 0 Å². The maximum atomic E-state index is 12.4. The minimum absolute atomic E-state index is 0.0259. The minimum Gasteiger partial charge on any atom is -0.339 e. The molecule has 0 aromatic carbocycles. The summed E-state index contributed by atoms with van der Waals surface area (Å²) >= 11 is 1.85. The molecule has 4 nitrogen and oxygen atoms in total. The second-order valence-corrected chi connectivity index (χ2v) is 8.62. The Morgan fingerprint density at radius 2 is 1.85 bits per heavy atom. The van der Waals surface area contributed by atoms with E-state index in [-0.39, 0.29) is 28.0 Å². The SMILES string of the molecule is CC(C)C(=O)N1CCSC12CCN(C(=O)C(C)(C)C)C2. The molecule has 2 fully saturated rings. The van der Waals surface area contributed by atoms with Crippen molar-refractivity contribution >= 4 is 23.6 Å². The smallest absolute Gasteiger partial charge is 0.228 e. The number of thioether (sulfide) groups is 1. The zero-order valence-corrected chi connectivity index (χ0v) is 14.0. The Morgan fingerprint density at radius 3 is 2.40 bits per heavy atom. The van der Waals surface area contributed by atoms with Crippen molar-refractivity contribution in [3.8, 4) is 0 Å². The highest BCUT2D eigenvalue weighted by Gasteiger charge is 2.51. The fourth-order valence-electron chi connectivity index (χ4n) is 2.98. The number of carbonyl (C=O) groups excluding carboxylic acids is 2. The van der Waals surface area contributed by atoms with Gasteiger partial charge in [-0.05, 0) is 6.42 Å². The van der Waals surface area contributed by atoms with E-state index in [1.165, 1.54) is 0 Å². The molecule has 2 saturated heterocycles. The van der Waals surface area contributed by atoms with Crippen molar-refractivity contribution in [2.75, 3.05) is 25.4 Å². The van der Waals surface area contributed by atoms with E-state index in [2.05, 4.69) is 0 Å². The van der Waals surface area contributed by atoms with Gasteiger partial charge < -0.3 is 9.80 Å². The zero-order chi connectivity index (χ0) is 15.1. The highest BCUT2D eigenvalue weighted by molar-refractivity contribution is 8.00. The second kappa shape index (κ2) is 5.24. The molecule has 2 amide bonds. The number of amides is 2. The topological polar surface area (TPSA) is 40.6 Å². The van der Waals surface area contributed by atoms with Gasteiger partial charge in [-0.2, -0.15) is 0 Å². The van der Waals surface area contributed by atoms with E-state index in [1.807, 2.05) is 56.2 Å². The van der Waals surface area contributed by atoms with Gasteiger partial charge in [-0.3, -0.25) is 9.59 Å². The Morgan fingerprint density at radius 1 is 1.20 bits per heavy atom. The van der Waals surface area contributed by atoms with Crippen LogP contribution in [0, 0.1) is 11.3 Å². The zero-order valence-electron chi connectivity index (χ0n) is 13.2. The van der Waals surface area contributed by atoms with Crippen LogP contribution >= 0.6 is 11.8 Å². The van der Waals surface area contributed by atoms with Crippen LogP contribution in [0.4, 0.5) is 0 Å². The molecule has 0 aliphatic carbocycles. The summed E-state index contributed by atoms with van der Waals surface area (Å²) in [6, 6.07) is 0. The number of carbonyl (C=O) groups is 2. The normalized spacial score (nSPS) is 26.9. The Labute approximate surface area is 126 Å². The molecule has 1 unspecified atom stereocenters. The molecule has 5 heteroatoms. The van der Waals surface area contributed by atoms with Gasteiger partial charge in [-0.1, -0.05) is 34.6 Å². The third-order valence-electron chi connectivity index (χ3n) is 4.08. The fraction of sp³-hybridized carbons (Fsp3) is 0.867. The van der Waals surface area contributed by atoms with Crippen molar-refractivity contribution in [2.24, 2.45) is 11.3 Å². The molecule has 0 radical (unpaired) electrons. The van der Waals surface area contributed by atoms with Gasteiger partial charge in [0.25, 0.3) is 0 Å². The summed E-state index contributed by atoms with van der Waals surface area (Å²) in [5.74, 6) is 1.42. The van der Waals surface area contributed by atoms with Crippen LogP contribution in [-0.2, 0) is 9.59 Å². The van der Waals surface area contributed by atoms with Gasteiger partial charge in [0.1, 0.15) is 4.87 Å². The Bertz CT molecular complexity index is 417. The van der Waals surface area contributed by atoms with Gasteiger partial charge in [0.15, 0.2) is 0 Å². The molecule has 0 aromatic rings. The summed E-state index contributed by atoms with van der Waals surface area (Å²) in [7, 11) is 0. The molecule has 114 valence electrons. The predicted molar refractivity (Wildman–Crippen MR) is 82.4 cm³/mol. The molecule has 0 saturated carbocycles. The molecule has 2 heterocycles. The lowest BCUT2D eigenvalue weighted by atomic mass is 9.95. The molecule has 0 bridgehead atoms. The lowest BCUT2D eigenvalue weighted by Gasteiger charge is -2.35. The number of hydrogen-bond acceptors (Lipinski definition) is 3. The summed E-state index contributed by atoms with van der Waals surface area (Å²) in [4.78, 5) is 28.6. The van der Waals surface area contributed by atoms with Crippen LogP contribution in [0.2, 0.25) is 0 Å². The molecular weight excluding hydrogens is 272 g/mol. The first-order valence-corrected chi connectivity index (χ1v) is 8.41. The van der Waals surface area contributed by atoms with Gasteiger partial charge in [0, 0.05) is 30.2 Å². The lowest BCUT2D eigenvalue weighted by Crippen LogP contribution is -2.50. The first-order valence-electron chi connectivity index (χ1n) is 7.42. The van der Waals surface area contributed by atoms with Crippen LogP contribution in [-0.4, -0.2) is 51.9 Å². The average Bonchev–Trinajstić information content (AvgIpc) is 2.94. The molecular formula is C15H26N2O2S. The monoisotopic (exact) mass is 298 g/mol. The molecule has 20 heavy (non-hydrogen) atoms. The van der Waals surface area contributed by atoms with Crippen molar-refractivity contribution in [1.29, 1.82) is 0 Å². The predicted octanol–water partition coefficient (Wildman–Crippen LogP) is 2.19. The number of hydrogen-bond donors (Lipinski definition) is 0. The summed E-state index contributed by atoms with van der Waals surface area (Å²) in [5, 5.41) is 0. The van der Waals surface area contributed by atoms with Crippen LogP contribution < -0.4 is 0 Å². The van der Waals surface area contributed by atoms with Crippen molar-refractivity contribution in [3.05, 3.63) is 0 Å². The number of rotatable bonds is 1. The van der Waals surface area contributed by atoms with Crippen molar-refractivity contribution in [1.82, 2.24) is 9.80 Å². The molecule has 0 N–H and O–H groups in total. The van der Waals surface area contributed by atoms with Crippen molar-refractivity contribution in [3.63, 3.8) is 0 Å². The third kappa shape index (κ3) is 2.69. The molecule has 1 atom stereocenters. The Balaban J connectivity index is 2.14. The van der Waals surface area contributed by atoms with Crippen molar-refractivity contribution in [2.45, 2.75) is 45.9 Å². The summed E-state index contributed by atoms with van der Waals surface area (Å²) in [5.41, 5.74) is -0.346. The quantitative estimate of drug-likeness (QED) is 0.745. The summed E-state index contributed by atoms with van der Waals surface area (Å²) in [6.07, 6.45) is 0.901. The van der Waals surface area contributed by atoms with E-state index < -0.39 is 0 Å². The summed E-state index contributed by atoms with van der Waals surface area (Å²) in [6.45, 7) is 12.0. The third-order valence-corrected chi connectivity index (χ3v) is 5.55. The number of likely N-dealkylation sites (tertiary alicyclic amines) is 1. The largest absolute Gasteiger partial charge is 0.339 e. The van der Waals surface area contributed by atoms with Crippen molar-refractivity contribution < 1.29 is 9.59 Å². The maximum absolute atomic E-state index is 12.4. The van der Waals surface area contributed by atoms with E-state index in [9.17, 15) is 9.59 Å². The second-order valence-electron chi connectivity index (χ2n) is 7.17. The van der Waals surface area contributed by atoms with Crippen LogP contribution in [0.1, 0.15) is 41.0 Å². The van der Waals surface area contributed by atoms with E-state index in [4.69, 9.17) is 0 Å². The van der Waals surface area contributed by atoms with Gasteiger partial charge in [0.2, 0.25) is 11.8 Å². The molecule has 1 spiro atoms. The lowest BCUT2D eigenvalue weighted by molar-refractivity contribution is -0.140.